The molecule has 0 atom stereocenters. The Morgan fingerprint density at radius 1 is 1.10 bits per heavy atom. The van der Waals surface area contributed by atoms with Crippen LogP contribution < -0.4 is 15.4 Å². The predicted octanol–water partition coefficient (Wildman–Crippen LogP) is 3.93. The van der Waals surface area contributed by atoms with Crippen LogP contribution in [0.25, 0.3) is 0 Å². The van der Waals surface area contributed by atoms with Crippen LogP contribution in [0.5, 0.6) is 5.75 Å². The van der Waals surface area contributed by atoms with Gasteiger partial charge < -0.3 is 15.4 Å². The van der Waals surface area contributed by atoms with E-state index in [1.807, 2.05) is 61.5 Å². The van der Waals surface area contributed by atoms with Crippen molar-refractivity contribution in [3.63, 3.8) is 0 Å². The molecule has 0 saturated heterocycles. The molecule has 6 nitrogen and oxygen atoms in total. The maximum absolute atomic E-state index is 12.3. The van der Waals surface area contributed by atoms with E-state index in [2.05, 4.69) is 22.2 Å². The number of rotatable bonds is 12. The Labute approximate surface area is 203 Å². The van der Waals surface area contributed by atoms with Gasteiger partial charge in [-0.1, -0.05) is 61.2 Å². The molecule has 2 rings (SSSR count). The second kappa shape index (κ2) is 14.9. The molecular formula is C23H32IN3O3S. The lowest BCUT2D eigenvalue weighted by atomic mass is 10.2. The van der Waals surface area contributed by atoms with Crippen LogP contribution in [0.15, 0.2) is 72.2 Å². The number of aliphatic imine (C=N–C) groups is 1. The molecular weight excluding hydrogens is 525 g/mol. The molecule has 8 heteroatoms. The molecule has 0 spiro atoms. The first kappa shape index (κ1) is 27.0. The number of para-hydroxylation sites is 1. The van der Waals surface area contributed by atoms with Gasteiger partial charge in [-0.15, -0.1) is 24.0 Å². The highest BCUT2D eigenvalue weighted by atomic mass is 127. The molecule has 31 heavy (non-hydrogen) atoms. The third kappa shape index (κ3) is 10.7. The van der Waals surface area contributed by atoms with Crippen LogP contribution in [-0.2, 0) is 22.1 Å². The average molecular weight is 557 g/mol. The standard InChI is InChI=1S/C23H31N3O3S.HI/c1-3-16-29-22-14-9-8-13-21(22)18-26-23(24-4-2)25-15-10-17-30(27,28)19-20-11-6-5-7-12-20;/h3,5-9,11-14H,1,4,10,15-19H2,2H3,(H2,24,25,26);1H. The van der Waals surface area contributed by atoms with Gasteiger partial charge >= 0.3 is 0 Å². The molecule has 0 aliphatic carbocycles. The maximum atomic E-state index is 12.3. The second-order valence-electron chi connectivity index (χ2n) is 6.76. The first-order chi connectivity index (χ1) is 14.5. The van der Waals surface area contributed by atoms with E-state index < -0.39 is 9.84 Å². The van der Waals surface area contributed by atoms with Crippen molar-refractivity contribution in [2.24, 2.45) is 4.99 Å². The highest BCUT2D eigenvalue weighted by Crippen LogP contribution is 2.18. The number of sulfone groups is 1. The van der Waals surface area contributed by atoms with Crippen molar-refractivity contribution >= 4 is 39.8 Å². The van der Waals surface area contributed by atoms with Crippen LogP contribution in [0.3, 0.4) is 0 Å². The average Bonchev–Trinajstić information content (AvgIpc) is 2.74. The van der Waals surface area contributed by atoms with Gasteiger partial charge in [-0.25, -0.2) is 13.4 Å². The molecule has 0 amide bonds. The SMILES string of the molecule is C=CCOc1ccccc1CN=C(NCC)NCCCS(=O)(=O)Cc1ccccc1.I. The summed E-state index contributed by atoms with van der Waals surface area (Å²) in [5.74, 6) is 1.64. The van der Waals surface area contributed by atoms with Crippen LogP contribution in [0, 0.1) is 0 Å². The van der Waals surface area contributed by atoms with E-state index in [0.29, 0.717) is 38.6 Å². The topological polar surface area (TPSA) is 79.8 Å². The Kier molecular flexibility index (Phi) is 12.9. The fourth-order valence-corrected chi connectivity index (χ4v) is 4.26. The monoisotopic (exact) mass is 557 g/mol. The first-order valence-electron chi connectivity index (χ1n) is 10.1. The van der Waals surface area contributed by atoms with E-state index in [0.717, 1.165) is 16.9 Å². The first-order valence-corrected chi connectivity index (χ1v) is 11.9. The van der Waals surface area contributed by atoms with Crippen molar-refractivity contribution in [1.29, 1.82) is 0 Å². The molecule has 0 aliphatic rings. The van der Waals surface area contributed by atoms with Gasteiger partial charge in [0.15, 0.2) is 15.8 Å². The predicted molar refractivity (Wildman–Crippen MR) is 139 cm³/mol. The van der Waals surface area contributed by atoms with Crippen LogP contribution in [-0.4, -0.2) is 39.8 Å². The quantitative estimate of drug-likeness (QED) is 0.136. The van der Waals surface area contributed by atoms with E-state index in [-0.39, 0.29) is 35.5 Å². The molecule has 0 aromatic heterocycles. The minimum absolute atomic E-state index is 0. The third-order valence-electron chi connectivity index (χ3n) is 4.24. The van der Waals surface area contributed by atoms with Gasteiger partial charge in [0.1, 0.15) is 12.4 Å². The van der Waals surface area contributed by atoms with Gasteiger partial charge in [0.05, 0.1) is 18.1 Å². The molecule has 0 fully saturated rings. The lowest BCUT2D eigenvalue weighted by molar-refractivity contribution is 0.359. The number of benzene rings is 2. The summed E-state index contributed by atoms with van der Waals surface area (Å²) in [5.41, 5.74) is 1.79. The van der Waals surface area contributed by atoms with E-state index >= 15 is 0 Å². The summed E-state index contributed by atoms with van der Waals surface area (Å²) in [5, 5.41) is 6.39. The Morgan fingerprint density at radius 2 is 1.81 bits per heavy atom. The summed E-state index contributed by atoms with van der Waals surface area (Å²) in [6.07, 6.45) is 2.22. The Hall–Kier alpha value is -2.07. The van der Waals surface area contributed by atoms with Crippen molar-refractivity contribution in [3.05, 3.63) is 78.4 Å². The smallest absolute Gasteiger partial charge is 0.191 e. The largest absolute Gasteiger partial charge is 0.489 e. The van der Waals surface area contributed by atoms with Gasteiger partial charge in [0, 0.05) is 18.7 Å². The minimum atomic E-state index is -3.14. The number of hydrogen-bond acceptors (Lipinski definition) is 4. The van der Waals surface area contributed by atoms with Gasteiger partial charge in [-0.05, 0) is 25.0 Å². The fraction of sp³-hybridized carbons (Fsp3) is 0.348. The summed E-state index contributed by atoms with van der Waals surface area (Å²) in [6, 6.07) is 17.0. The van der Waals surface area contributed by atoms with Gasteiger partial charge in [0.2, 0.25) is 0 Å². The highest BCUT2D eigenvalue weighted by Gasteiger charge is 2.11. The van der Waals surface area contributed by atoms with E-state index in [1.165, 1.54) is 0 Å². The number of nitrogens with one attached hydrogen (secondary N) is 2. The lowest BCUT2D eigenvalue weighted by Crippen LogP contribution is -2.38. The van der Waals surface area contributed by atoms with Gasteiger partial charge in [-0.3, -0.25) is 0 Å². The van der Waals surface area contributed by atoms with Crippen molar-refractivity contribution < 1.29 is 13.2 Å². The summed E-state index contributed by atoms with van der Waals surface area (Å²) in [7, 11) is -3.14. The highest BCUT2D eigenvalue weighted by molar-refractivity contribution is 14.0. The van der Waals surface area contributed by atoms with Crippen molar-refractivity contribution in [1.82, 2.24) is 10.6 Å². The van der Waals surface area contributed by atoms with E-state index in [1.54, 1.807) is 6.08 Å². The normalized spacial score (nSPS) is 11.3. The van der Waals surface area contributed by atoms with Crippen LogP contribution in [0.4, 0.5) is 0 Å². The second-order valence-corrected chi connectivity index (χ2v) is 8.94. The van der Waals surface area contributed by atoms with Crippen LogP contribution in [0.2, 0.25) is 0 Å². The summed E-state index contributed by atoms with van der Waals surface area (Å²) in [4.78, 5) is 4.59. The number of nitrogens with zero attached hydrogens (tertiary/aromatic N) is 1. The molecule has 2 aromatic carbocycles. The molecule has 2 aromatic rings. The summed E-state index contributed by atoms with van der Waals surface area (Å²) in [6.45, 7) is 7.79. The molecule has 0 radical (unpaired) electrons. The molecule has 0 aliphatic heterocycles. The Bertz CT molecular complexity index is 919. The Morgan fingerprint density at radius 3 is 2.52 bits per heavy atom. The van der Waals surface area contributed by atoms with Crippen molar-refractivity contribution in [2.45, 2.75) is 25.6 Å². The Balaban J connectivity index is 0.00000480. The van der Waals surface area contributed by atoms with Crippen molar-refractivity contribution in [2.75, 3.05) is 25.4 Å². The fourth-order valence-electron chi connectivity index (χ4n) is 2.83. The molecule has 2 N–H and O–H groups in total. The number of hydrogen-bond donors (Lipinski definition) is 2. The number of guanidine groups is 1. The van der Waals surface area contributed by atoms with Crippen LogP contribution in [0.1, 0.15) is 24.5 Å². The van der Waals surface area contributed by atoms with E-state index in [4.69, 9.17) is 4.74 Å². The summed E-state index contributed by atoms with van der Waals surface area (Å²) < 4.78 is 30.3. The van der Waals surface area contributed by atoms with E-state index in [9.17, 15) is 8.42 Å². The van der Waals surface area contributed by atoms with Crippen LogP contribution >= 0.6 is 24.0 Å². The third-order valence-corrected chi connectivity index (χ3v) is 5.92. The number of halogens is 1. The zero-order valence-electron chi connectivity index (χ0n) is 17.9. The molecule has 0 unspecified atom stereocenters. The zero-order valence-corrected chi connectivity index (χ0v) is 21.1. The molecule has 170 valence electrons. The number of ether oxygens (including phenoxy) is 1. The molecule has 0 saturated carbocycles. The maximum Gasteiger partial charge on any atom is 0.191 e. The zero-order chi connectivity index (χ0) is 21.7. The summed E-state index contributed by atoms with van der Waals surface area (Å²) >= 11 is 0. The van der Waals surface area contributed by atoms with Crippen molar-refractivity contribution in [3.8, 4) is 5.75 Å². The lowest BCUT2D eigenvalue weighted by Gasteiger charge is -2.13. The minimum Gasteiger partial charge on any atom is -0.489 e. The molecule has 0 heterocycles. The van der Waals surface area contributed by atoms with Gasteiger partial charge in [-0.2, -0.15) is 0 Å². The molecule has 0 bridgehead atoms. The van der Waals surface area contributed by atoms with Gasteiger partial charge in [0.25, 0.3) is 0 Å².